The molecule has 0 aliphatic heterocycles. The largest absolute Gasteiger partial charge is 0.416 e. The van der Waals surface area contributed by atoms with Gasteiger partial charge in [-0.15, -0.1) is 0 Å². The molecule has 1 saturated carbocycles. The van der Waals surface area contributed by atoms with Crippen molar-refractivity contribution in [2.45, 2.75) is 43.5 Å². The molecule has 1 aliphatic rings. The molecule has 2 rings (SSSR count). The summed E-state index contributed by atoms with van der Waals surface area (Å²) in [4.78, 5) is 0. The second-order valence-corrected chi connectivity index (χ2v) is 5.08. The van der Waals surface area contributed by atoms with Crippen molar-refractivity contribution in [2.75, 3.05) is 0 Å². The van der Waals surface area contributed by atoms with Gasteiger partial charge in [-0.2, -0.15) is 13.2 Å². The van der Waals surface area contributed by atoms with Gasteiger partial charge in [-0.05, 0) is 37.8 Å². The van der Waals surface area contributed by atoms with Crippen LogP contribution in [0.4, 0.5) is 17.6 Å². The summed E-state index contributed by atoms with van der Waals surface area (Å²) in [5.41, 5.74) is 4.15. The topological polar surface area (TPSA) is 46.2 Å². The van der Waals surface area contributed by atoms with Crippen LogP contribution in [0, 0.1) is 5.82 Å². The van der Waals surface area contributed by atoms with Gasteiger partial charge in [-0.1, -0.05) is 6.07 Å². The number of rotatable bonds is 1. The SMILES string of the molecule is NC1(c2ccc(C(F)(F)F)cc2F)CCC(O)CC1. The van der Waals surface area contributed by atoms with Crippen LogP contribution in [0.15, 0.2) is 18.2 Å². The van der Waals surface area contributed by atoms with Gasteiger partial charge in [0, 0.05) is 11.1 Å². The number of alkyl halides is 3. The number of hydrogen-bond donors (Lipinski definition) is 2. The van der Waals surface area contributed by atoms with Crippen molar-refractivity contribution >= 4 is 0 Å². The van der Waals surface area contributed by atoms with Gasteiger partial charge in [-0.25, -0.2) is 4.39 Å². The molecular formula is C13H15F4NO. The Morgan fingerprint density at radius 1 is 1.21 bits per heavy atom. The van der Waals surface area contributed by atoms with E-state index in [1.807, 2.05) is 0 Å². The Bertz CT molecular complexity index is 464. The zero-order chi connectivity index (χ0) is 14.3. The molecule has 2 nitrogen and oxygen atoms in total. The quantitative estimate of drug-likeness (QED) is 0.775. The molecular weight excluding hydrogens is 262 g/mol. The molecule has 0 bridgehead atoms. The van der Waals surface area contributed by atoms with Crippen molar-refractivity contribution in [3.8, 4) is 0 Å². The van der Waals surface area contributed by atoms with E-state index in [0.29, 0.717) is 31.7 Å². The third-order valence-electron chi connectivity index (χ3n) is 3.68. The van der Waals surface area contributed by atoms with Crippen LogP contribution in [0.5, 0.6) is 0 Å². The van der Waals surface area contributed by atoms with Gasteiger partial charge in [0.2, 0.25) is 0 Å². The molecule has 0 saturated heterocycles. The van der Waals surface area contributed by atoms with Crippen molar-refractivity contribution < 1.29 is 22.7 Å². The Morgan fingerprint density at radius 2 is 1.79 bits per heavy atom. The van der Waals surface area contributed by atoms with E-state index in [4.69, 9.17) is 5.73 Å². The Kier molecular flexibility index (Phi) is 3.57. The van der Waals surface area contributed by atoms with E-state index in [-0.39, 0.29) is 5.56 Å². The zero-order valence-electron chi connectivity index (χ0n) is 10.2. The smallest absolute Gasteiger partial charge is 0.393 e. The van der Waals surface area contributed by atoms with E-state index in [1.165, 1.54) is 0 Å². The Hall–Kier alpha value is -1.14. The summed E-state index contributed by atoms with van der Waals surface area (Å²) in [5.74, 6) is -0.936. The summed E-state index contributed by atoms with van der Waals surface area (Å²) < 4.78 is 51.2. The van der Waals surface area contributed by atoms with Gasteiger partial charge >= 0.3 is 6.18 Å². The van der Waals surface area contributed by atoms with Crippen LogP contribution in [0.2, 0.25) is 0 Å². The molecule has 6 heteroatoms. The Labute approximate surface area is 108 Å². The van der Waals surface area contributed by atoms with Crippen molar-refractivity contribution in [1.29, 1.82) is 0 Å². The Morgan fingerprint density at radius 3 is 2.26 bits per heavy atom. The summed E-state index contributed by atoms with van der Waals surface area (Å²) in [6.07, 6.45) is -3.46. The van der Waals surface area contributed by atoms with Gasteiger partial charge in [0.05, 0.1) is 11.7 Å². The maximum atomic E-state index is 13.9. The molecule has 0 heterocycles. The third kappa shape index (κ3) is 2.90. The summed E-state index contributed by atoms with van der Waals surface area (Å²) in [6.45, 7) is 0. The van der Waals surface area contributed by atoms with Crippen LogP contribution in [0.3, 0.4) is 0 Å². The van der Waals surface area contributed by atoms with Gasteiger partial charge < -0.3 is 10.8 Å². The van der Waals surface area contributed by atoms with E-state index in [0.717, 1.165) is 12.1 Å². The van der Waals surface area contributed by atoms with Crippen LogP contribution in [0.25, 0.3) is 0 Å². The average Bonchev–Trinajstić information content (AvgIpc) is 2.32. The highest BCUT2D eigenvalue weighted by molar-refractivity contribution is 5.32. The lowest BCUT2D eigenvalue weighted by Gasteiger charge is -2.36. The highest BCUT2D eigenvalue weighted by atomic mass is 19.4. The molecule has 19 heavy (non-hydrogen) atoms. The molecule has 3 N–H and O–H groups in total. The second-order valence-electron chi connectivity index (χ2n) is 5.08. The molecule has 0 aromatic heterocycles. The molecule has 0 amide bonds. The van der Waals surface area contributed by atoms with Gasteiger partial charge in [0.25, 0.3) is 0 Å². The minimum Gasteiger partial charge on any atom is -0.393 e. The molecule has 0 unspecified atom stereocenters. The number of nitrogens with two attached hydrogens (primary N) is 1. The second kappa shape index (κ2) is 4.76. The number of halogens is 4. The highest BCUT2D eigenvalue weighted by Crippen LogP contribution is 2.38. The average molecular weight is 277 g/mol. The van der Waals surface area contributed by atoms with Crippen LogP contribution in [0.1, 0.15) is 36.8 Å². The fourth-order valence-corrected chi connectivity index (χ4v) is 2.48. The lowest BCUT2D eigenvalue weighted by molar-refractivity contribution is -0.137. The molecule has 0 atom stereocenters. The van der Waals surface area contributed by atoms with Gasteiger partial charge in [-0.3, -0.25) is 0 Å². The minimum absolute atomic E-state index is 0.0902. The number of aliphatic hydroxyl groups is 1. The fraction of sp³-hybridized carbons (Fsp3) is 0.538. The molecule has 0 spiro atoms. The van der Waals surface area contributed by atoms with Crippen molar-refractivity contribution in [3.63, 3.8) is 0 Å². The summed E-state index contributed by atoms with van der Waals surface area (Å²) in [6, 6.07) is 2.43. The first-order valence-electron chi connectivity index (χ1n) is 6.06. The number of hydrogen-bond acceptors (Lipinski definition) is 2. The van der Waals surface area contributed by atoms with Crippen molar-refractivity contribution in [3.05, 3.63) is 35.1 Å². The van der Waals surface area contributed by atoms with Crippen LogP contribution < -0.4 is 5.73 Å². The third-order valence-corrected chi connectivity index (χ3v) is 3.68. The molecule has 1 aromatic rings. The summed E-state index contributed by atoms with van der Waals surface area (Å²) in [5, 5.41) is 9.41. The first-order valence-corrected chi connectivity index (χ1v) is 6.06. The van der Waals surface area contributed by atoms with Crippen LogP contribution in [-0.4, -0.2) is 11.2 Å². The monoisotopic (exact) mass is 277 g/mol. The zero-order valence-corrected chi connectivity index (χ0v) is 10.2. The van der Waals surface area contributed by atoms with E-state index >= 15 is 0 Å². The van der Waals surface area contributed by atoms with E-state index in [2.05, 4.69) is 0 Å². The Balaban J connectivity index is 2.31. The summed E-state index contributed by atoms with van der Waals surface area (Å²) >= 11 is 0. The van der Waals surface area contributed by atoms with Gasteiger partial charge in [0.15, 0.2) is 0 Å². The van der Waals surface area contributed by atoms with Crippen LogP contribution in [-0.2, 0) is 11.7 Å². The fourth-order valence-electron chi connectivity index (χ4n) is 2.48. The minimum atomic E-state index is -4.57. The van der Waals surface area contributed by atoms with Crippen LogP contribution >= 0.6 is 0 Å². The van der Waals surface area contributed by atoms with E-state index in [9.17, 15) is 22.7 Å². The highest BCUT2D eigenvalue weighted by Gasteiger charge is 2.37. The lowest BCUT2D eigenvalue weighted by atomic mass is 9.76. The number of benzene rings is 1. The summed E-state index contributed by atoms with van der Waals surface area (Å²) in [7, 11) is 0. The first-order chi connectivity index (χ1) is 8.72. The molecule has 106 valence electrons. The first kappa shape index (κ1) is 14.3. The van der Waals surface area contributed by atoms with E-state index in [1.54, 1.807) is 0 Å². The maximum absolute atomic E-state index is 13.9. The van der Waals surface area contributed by atoms with Crippen molar-refractivity contribution in [2.24, 2.45) is 5.73 Å². The molecule has 0 radical (unpaired) electrons. The predicted molar refractivity (Wildman–Crippen MR) is 61.7 cm³/mol. The molecule has 1 aromatic carbocycles. The van der Waals surface area contributed by atoms with Gasteiger partial charge in [0.1, 0.15) is 5.82 Å². The lowest BCUT2D eigenvalue weighted by Crippen LogP contribution is -2.42. The van der Waals surface area contributed by atoms with E-state index < -0.39 is 29.2 Å². The standard InChI is InChI=1S/C13H15F4NO/c14-11-7-8(13(15,16)17)1-2-10(11)12(18)5-3-9(19)4-6-12/h1-2,7,9,19H,3-6,18H2. The van der Waals surface area contributed by atoms with Crippen molar-refractivity contribution in [1.82, 2.24) is 0 Å². The maximum Gasteiger partial charge on any atom is 0.416 e. The number of aliphatic hydroxyl groups excluding tert-OH is 1. The normalized spacial score (nSPS) is 28.4. The predicted octanol–water partition coefficient (Wildman–Crippen LogP) is 2.93. The molecule has 1 aliphatic carbocycles. The molecule has 1 fully saturated rings.